The standard InChI is InChI=1S/C14H17ClN4/c15-12-3-1-2-11(8-12)13(9-16)19-7-6-18-5-4-17-14(18)10-19/h1-5,8,13H,6-7,9-10,16H2. The van der Waals surface area contributed by atoms with Gasteiger partial charge in [-0.1, -0.05) is 23.7 Å². The van der Waals surface area contributed by atoms with Crippen LogP contribution in [0.3, 0.4) is 0 Å². The maximum atomic E-state index is 6.07. The van der Waals surface area contributed by atoms with E-state index in [0.717, 1.165) is 30.5 Å². The number of rotatable bonds is 3. The lowest BCUT2D eigenvalue weighted by Crippen LogP contribution is -2.39. The maximum absolute atomic E-state index is 6.07. The Balaban J connectivity index is 1.84. The highest BCUT2D eigenvalue weighted by molar-refractivity contribution is 6.30. The number of benzene rings is 1. The summed E-state index contributed by atoms with van der Waals surface area (Å²) in [4.78, 5) is 6.76. The highest BCUT2D eigenvalue weighted by Gasteiger charge is 2.24. The molecule has 1 aromatic carbocycles. The number of fused-ring (bicyclic) bond motifs is 1. The van der Waals surface area contributed by atoms with Gasteiger partial charge in [-0.3, -0.25) is 4.90 Å². The Labute approximate surface area is 117 Å². The van der Waals surface area contributed by atoms with Crippen LogP contribution in [-0.2, 0) is 13.1 Å². The Bertz CT molecular complexity index is 566. The van der Waals surface area contributed by atoms with Crippen molar-refractivity contribution in [2.45, 2.75) is 19.1 Å². The van der Waals surface area contributed by atoms with Gasteiger partial charge < -0.3 is 10.3 Å². The van der Waals surface area contributed by atoms with E-state index < -0.39 is 0 Å². The second-order valence-corrected chi connectivity index (χ2v) is 5.25. The van der Waals surface area contributed by atoms with Gasteiger partial charge in [0, 0.05) is 43.1 Å². The van der Waals surface area contributed by atoms with E-state index >= 15 is 0 Å². The van der Waals surface area contributed by atoms with E-state index in [9.17, 15) is 0 Å². The first-order chi connectivity index (χ1) is 9.28. The molecule has 5 heteroatoms. The molecule has 0 spiro atoms. The Morgan fingerprint density at radius 1 is 1.37 bits per heavy atom. The Morgan fingerprint density at radius 2 is 2.26 bits per heavy atom. The molecule has 0 fully saturated rings. The molecule has 1 aliphatic rings. The summed E-state index contributed by atoms with van der Waals surface area (Å²) >= 11 is 6.07. The lowest BCUT2D eigenvalue weighted by atomic mass is 10.0. The molecule has 1 aromatic heterocycles. The number of halogens is 1. The van der Waals surface area contributed by atoms with Crippen LogP contribution in [0, 0.1) is 0 Å². The third-order valence-corrected chi connectivity index (χ3v) is 3.91. The predicted octanol–water partition coefficient (Wildman–Crippen LogP) is 2.05. The molecule has 100 valence electrons. The number of imidazole rings is 1. The molecule has 2 aromatic rings. The summed E-state index contributed by atoms with van der Waals surface area (Å²) in [5.41, 5.74) is 7.14. The summed E-state index contributed by atoms with van der Waals surface area (Å²) in [6, 6.07) is 8.15. The van der Waals surface area contributed by atoms with Crippen molar-refractivity contribution in [1.29, 1.82) is 0 Å². The average molecular weight is 277 g/mol. The first-order valence-electron chi connectivity index (χ1n) is 6.47. The molecule has 19 heavy (non-hydrogen) atoms. The molecule has 1 aliphatic heterocycles. The fourth-order valence-electron chi connectivity index (χ4n) is 2.67. The van der Waals surface area contributed by atoms with E-state index in [1.54, 1.807) is 0 Å². The van der Waals surface area contributed by atoms with Crippen LogP contribution in [-0.4, -0.2) is 27.5 Å². The zero-order valence-electron chi connectivity index (χ0n) is 10.7. The summed E-state index contributed by atoms with van der Waals surface area (Å²) in [6.07, 6.45) is 3.89. The van der Waals surface area contributed by atoms with Gasteiger partial charge in [0.2, 0.25) is 0 Å². The van der Waals surface area contributed by atoms with E-state index in [1.807, 2.05) is 30.6 Å². The van der Waals surface area contributed by atoms with E-state index in [4.69, 9.17) is 17.3 Å². The second kappa shape index (κ2) is 5.33. The van der Waals surface area contributed by atoms with Crippen LogP contribution in [0.5, 0.6) is 0 Å². The van der Waals surface area contributed by atoms with Gasteiger partial charge in [0.1, 0.15) is 5.82 Å². The van der Waals surface area contributed by atoms with Gasteiger partial charge in [-0.25, -0.2) is 4.98 Å². The number of nitrogens with two attached hydrogens (primary N) is 1. The van der Waals surface area contributed by atoms with Gasteiger partial charge in [0.15, 0.2) is 0 Å². The van der Waals surface area contributed by atoms with Gasteiger partial charge >= 0.3 is 0 Å². The van der Waals surface area contributed by atoms with Crippen LogP contribution in [0.25, 0.3) is 0 Å². The molecule has 0 bridgehead atoms. The number of aromatic nitrogens is 2. The molecule has 0 aliphatic carbocycles. The zero-order valence-corrected chi connectivity index (χ0v) is 11.4. The zero-order chi connectivity index (χ0) is 13.2. The highest BCUT2D eigenvalue weighted by Crippen LogP contribution is 2.25. The SMILES string of the molecule is NCC(c1cccc(Cl)c1)N1CCn2ccnc2C1. The van der Waals surface area contributed by atoms with Crippen molar-refractivity contribution in [3.8, 4) is 0 Å². The largest absolute Gasteiger partial charge is 0.333 e. The molecule has 2 heterocycles. The van der Waals surface area contributed by atoms with Crippen LogP contribution in [0.4, 0.5) is 0 Å². The first kappa shape index (κ1) is 12.7. The highest BCUT2D eigenvalue weighted by atomic mass is 35.5. The molecule has 2 N–H and O–H groups in total. The molecular weight excluding hydrogens is 260 g/mol. The third kappa shape index (κ3) is 2.52. The minimum Gasteiger partial charge on any atom is -0.333 e. The van der Waals surface area contributed by atoms with Crippen LogP contribution >= 0.6 is 11.6 Å². The minimum absolute atomic E-state index is 0.198. The first-order valence-corrected chi connectivity index (χ1v) is 6.85. The van der Waals surface area contributed by atoms with Gasteiger partial charge in [0.05, 0.1) is 6.54 Å². The average Bonchev–Trinajstić information content (AvgIpc) is 2.87. The van der Waals surface area contributed by atoms with Crippen LogP contribution in [0.1, 0.15) is 17.4 Å². The Morgan fingerprint density at radius 3 is 3.05 bits per heavy atom. The molecule has 0 saturated carbocycles. The Kier molecular flexibility index (Phi) is 3.55. The van der Waals surface area contributed by atoms with Crippen molar-refractivity contribution in [3.05, 3.63) is 53.1 Å². The van der Waals surface area contributed by atoms with Crippen LogP contribution in [0.15, 0.2) is 36.7 Å². The van der Waals surface area contributed by atoms with E-state index in [-0.39, 0.29) is 6.04 Å². The van der Waals surface area contributed by atoms with Gasteiger partial charge in [-0.15, -0.1) is 0 Å². The topological polar surface area (TPSA) is 47.1 Å². The number of hydrogen-bond donors (Lipinski definition) is 1. The maximum Gasteiger partial charge on any atom is 0.122 e. The van der Waals surface area contributed by atoms with Crippen molar-refractivity contribution in [2.75, 3.05) is 13.1 Å². The number of hydrogen-bond acceptors (Lipinski definition) is 3. The smallest absolute Gasteiger partial charge is 0.122 e. The van der Waals surface area contributed by atoms with E-state index in [1.165, 1.54) is 5.56 Å². The van der Waals surface area contributed by atoms with Gasteiger partial charge in [-0.2, -0.15) is 0 Å². The molecule has 3 rings (SSSR count). The summed E-state index contributed by atoms with van der Waals surface area (Å²) in [5.74, 6) is 1.10. The monoisotopic (exact) mass is 276 g/mol. The van der Waals surface area contributed by atoms with E-state index in [0.29, 0.717) is 6.54 Å². The quantitative estimate of drug-likeness (QED) is 0.933. The summed E-state index contributed by atoms with van der Waals surface area (Å²) in [7, 11) is 0. The lowest BCUT2D eigenvalue weighted by Gasteiger charge is -2.34. The predicted molar refractivity (Wildman–Crippen MR) is 75.9 cm³/mol. The summed E-state index contributed by atoms with van der Waals surface area (Å²) < 4.78 is 2.20. The van der Waals surface area contributed by atoms with Crippen LogP contribution in [0.2, 0.25) is 5.02 Å². The lowest BCUT2D eigenvalue weighted by molar-refractivity contribution is 0.156. The molecule has 0 radical (unpaired) electrons. The fourth-order valence-corrected chi connectivity index (χ4v) is 2.87. The van der Waals surface area contributed by atoms with E-state index in [2.05, 4.69) is 20.5 Å². The third-order valence-electron chi connectivity index (χ3n) is 3.67. The Hall–Kier alpha value is -1.36. The van der Waals surface area contributed by atoms with Crippen molar-refractivity contribution < 1.29 is 0 Å². The van der Waals surface area contributed by atoms with Crippen LogP contribution < -0.4 is 5.73 Å². The molecule has 1 atom stereocenters. The van der Waals surface area contributed by atoms with Crippen molar-refractivity contribution in [3.63, 3.8) is 0 Å². The number of nitrogens with zero attached hydrogens (tertiary/aromatic N) is 3. The summed E-state index contributed by atoms with van der Waals surface area (Å²) in [5, 5.41) is 0.759. The normalized spacial score (nSPS) is 17.2. The minimum atomic E-state index is 0.198. The van der Waals surface area contributed by atoms with Crippen molar-refractivity contribution in [2.24, 2.45) is 5.73 Å². The molecule has 1 unspecified atom stereocenters. The molecule has 0 amide bonds. The molecular formula is C14H17ClN4. The molecule has 0 saturated heterocycles. The van der Waals surface area contributed by atoms with Crippen molar-refractivity contribution in [1.82, 2.24) is 14.5 Å². The molecule has 4 nitrogen and oxygen atoms in total. The fraction of sp³-hybridized carbons (Fsp3) is 0.357. The van der Waals surface area contributed by atoms with Gasteiger partial charge in [-0.05, 0) is 17.7 Å². The second-order valence-electron chi connectivity index (χ2n) is 4.81. The van der Waals surface area contributed by atoms with Gasteiger partial charge in [0.25, 0.3) is 0 Å². The van der Waals surface area contributed by atoms with Crippen molar-refractivity contribution >= 4 is 11.6 Å². The summed E-state index contributed by atoms with van der Waals surface area (Å²) in [6.45, 7) is 3.37.